The van der Waals surface area contributed by atoms with Gasteiger partial charge in [-0.1, -0.05) is 26.0 Å². The molecule has 0 bridgehead atoms. The highest BCUT2D eigenvalue weighted by atomic mass is 16.2. The summed E-state index contributed by atoms with van der Waals surface area (Å²) in [5.41, 5.74) is 0.802. The van der Waals surface area contributed by atoms with E-state index in [1.807, 2.05) is 13.8 Å². The Morgan fingerprint density at radius 3 is 2.04 bits per heavy atom. The number of hydrogen-bond donors (Lipinski definition) is 0. The molecule has 8 heteroatoms. The van der Waals surface area contributed by atoms with Crippen molar-refractivity contribution in [3.05, 3.63) is 65.5 Å². The van der Waals surface area contributed by atoms with Gasteiger partial charge in [-0.15, -0.1) is 5.10 Å². The highest BCUT2D eigenvalue weighted by Gasteiger charge is 2.40. The number of aryl methyl sites for hydroxylation is 1. The van der Waals surface area contributed by atoms with Crippen molar-refractivity contribution in [3.63, 3.8) is 0 Å². The normalized spacial score (nSPS) is 13.9. The van der Waals surface area contributed by atoms with Gasteiger partial charge in [-0.3, -0.25) is 14.5 Å². The van der Waals surface area contributed by atoms with Gasteiger partial charge in [0.2, 0.25) is 0 Å². The summed E-state index contributed by atoms with van der Waals surface area (Å²) in [5.74, 6) is 0.592. The molecule has 1 aliphatic heterocycles. The third kappa shape index (κ3) is 3.10. The van der Waals surface area contributed by atoms with Crippen LogP contribution in [-0.4, -0.2) is 41.4 Å². The average molecular weight is 364 g/mol. The summed E-state index contributed by atoms with van der Waals surface area (Å²) >= 11 is 0. The summed E-state index contributed by atoms with van der Waals surface area (Å²) < 4.78 is 1.46. The molecule has 1 aliphatic rings. The monoisotopic (exact) mass is 364 g/mol. The smallest absolute Gasteiger partial charge is 0.262 e. The Balaban J connectivity index is 0.00000102. The molecule has 1 atom stereocenters. The van der Waals surface area contributed by atoms with E-state index in [9.17, 15) is 9.59 Å². The Morgan fingerprint density at radius 2 is 1.48 bits per heavy atom. The number of carbonyl (C=O) groups excluding carboxylic acids is 2. The molecular weight excluding hydrogens is 344 g/mol. The Bertz CT molecular complexity index is 948. The van der Waals surface area contributed by atoms with Gasteiger partial charge in [0.15, 0.2) is 5.82 Å². The van der Waals surface area contributed by atoms with E-state index in [4.69, 9.17) is 0 Å². The fraction of sp³-hybridized carbons (Fsp3) is 0.263. The van der Waals surface area contributed by atoms with Gasteiger partial charge in [0, 0.05) is 12.4 Å². The maximum Gasteiger partial charge on any atom is 0.262 e. The van der Waals surface area contributed by atoms with Crippen molar-refractivity contribution in [3.8, 4) is 5.95 Å². The Kier molecular flexibility index (Phi) is 5.07. The first-order valence-corrected chi connectivity index (χ1v) is 8.76. The molecule has 1 aromatic carbocycles. The minimum atomic E-state index is -0.614. The molecule has 3 heterocycles. The van der Waals surface area contributed by atoms with Crippen LogP contribution in [0.2, 0.25) is 0 Å². The first-order valence-electron chi connectivity index (χ1n) is 8.76. The van der Waals surface area contributed by atoms with Crippen LogP contribution >= 0.6 is 0 Å². The molecule has 0 fully saturated rings. The third-order valence-corrected chi connectivity index (χ3v) is 4.07. The van der Waals surface area contributed by atoms with Crippen molar-refractivity contribution in [1.82, 2.24) is 29.6 Å². The lowest BCUT2D eigenvalue weighted by Crippen LogP contribution is -2.34. The van der Waals surface area contributed by atoms with Crippen molar-refractivity contribution < 1.29 is 9.59 Å². The van der Waals surface area contributed by atoms with Crippen molar-refractivity contribution in [2.45, 2.75) is 33.7 Å². The van der Waals surface area contributed by atoms with Crippen LogP contribution in [0, 0.1) is 6.92 Å². The van der Waals surface area contributed by atoms with Gasteiger partial charge in [0.1, 0.15) is 5.82 Å². The summed E-state index contributed by atoms with van der Waals surface area (Å²) in [6.45, 7) is 7.47. The lowest BCUT2D eigenvalue weighted by molar-refractivity contribution is 0.0587. The van der Waals surface area contributed by atoms with Crippen LogP contribution < -0.4 is 0 Å². The van der Waals surface area contributed by atoms with E-state index >= 15 is 0 Å². The highest BCUT2D eigenvalue weighted by Crippen LogP contribution is 2.30. The molecule has 138 valence electrons. The van der Waals surface area contributed by atoms with Crippen LogP contribution in [0.1, 0.15) is 59.2 Å². The first-order chi connectivity index (χ1) is 13.1. The average Bonchev–Trinajstić information content (AvgIpc) is 3.22. The topological polar surface area (TPSA) is 93.9 Å². The van der Waals surface area contributed by atoms with Gasteiger partial charge in [0.25, 0.3) is 17.8 Å². The second kappa shape index (κ2) is 7.45. The summed E-state index contributed by atoms with van der Waals surface area (Å²) in [5, 5.41) is 4.30. The summed E-state index contributed by atoms with van der Waals surface area (Å²) in [6, 6.07) is 7.86. The van der Waals surface area contributed by atoms with Crippen LogP contribution in [0.3, 0.4) is 0 Å². The molecule has 0 saturated heterocycles. The molecule has 0 spiro atoms. The highest BCUT2D eigenvalue weighted by molar-refractivity contribution is 6.21. The molecule has 4 rings (SSSR count). The van der Waals surface area contributed by atoms with Crippen molar-refractivity contribution in [2.24, 2.45) is 0 Å². The number of aromatic nitrogens is 5. The molecule has 0 saturated carbocycles. The van der Waals surface area contributed by atoms with E-state index in [0.29, 0.717) is 28.7 Å². The second-order valence-corrected chi connectivity index (χ2v) is 5.68. The van der Waals surface area contributed by atoms with Gasteiger partial charge in [-0.2, -0.15) is 4.68 Å². The van der Waals surface area contributed by atoms with Crippen LogP contribution in [0.5, 0.6) is 0 Å². The first kappa shape index (κ1) is 18.4. The lowest BCUT2D eigenvalue weighted by atomic mass is 10.1. The molecule has 2 aromatic heterocycles. The predicted molar refractivity (Wildman–Crippen MR) is 98.4 cm³/mol. The van der Waals surface area contributed by atoms with Crippen LogP contribution in [-0.2, 0) is 0 Å². The third-order valence-electron chi connectivity index (χ3n) is 4.07. The zero-order valence-corrected chi connectivity index (χ0v) is 15.6. The predicted octanol–water partition coefficient (Wildman–Crippen LogP) is 2.75. The number of imide groups is 1. The zero-order valence-electron chi connectivity index (χ0n) is 15.6. The number of hydrogen-bond acceptors (Lipinski definition) is 6. The van der Waals surface area contributed by atoms with Gasteiger partial charge >= 0.3 is 0 Å². The number of rotatable bonds is 3. The molecule has 2 amide bonds. The van der Waals surface area contributed by atoms with Crippen molar-refractivity contribution >= 4 is 11.8 Å². The standard InChI is InChI=1S/C17H14N6O2.C2H6/c1-10(22-15(24)12-6-3-4-7-13(12)16(22)25)14-20-11(2)21-23(14)17-18-8-5-9-19-17;1-2/h3-10H,1-2H3;1-2H3. The molecule has 27 heavy (non-hydrogen) atoms. The van der Waals surface area contributed by atoms with E-state index in [-0.39, 0.29) is 11.8 Å². The van der Waals surface area contributed by atoms with E-state index in [0.717, 1.165) is 0 Å². The minimum absolute atomic E-state index is 0.335. The summed E-state index contributed by atoms with van der Waals surface area (Å²) in [4.78, 5) is 39.3. The molecule has 0 radical (unpaired) electrons. The number of amides is 2. The van der Waals surface area contributed by atoms with Gasteiger partial charge in [-0.05, 0) is 32.0 Å². The quantitative estimate of drug-likeness (QED) is 0.663. The largest absolute Gasteiger partial charge is 0.269 e. The maximum absolute atomic E-state index is 12.7. The maximum atomic E-state index is 12.7. The van der Waals surface area contributed by atoms with Crippen molar-refractivity contribution in [1.29, 1.82) is 0 Å². The zero-order chi connectivity index (χ0) is 19.6. The van der Waals surface area contributed by atoms with Crippen LogP contribution in [0.25, 0.3) is 5.95 Å². The molecule has 8 nitrogen and oxygen atoms in total. The molecule has 3 aromatic rings. The fourth-order valence-electron chi connectivity index (χ4n) is 2.92. The van der Waals surface area contributed by atoms with Gasteiger partial charge < -0.3 is 0 Å². The second-order valence-electron chi connectivity index (χ2n) is 5.68. The van der Waals surface area contributed by atoms with E-state index in [1.54, 1.807) is 56.6 Å². The lowest BCUT2D eigenvalue weighted by Gasteiger charge is -2.21. The Labute approximate surface area is 156 Å². The van der Waals surface area contributed by atoms with Gasteiger partial charge in [0.05, 0.1) is 17.2 Å². The Hall–Kier alpha value is -3.42. The number of fused-ring (bicyclic) bond motifs is 1. The SMILES string of the molecule is CC.Cc1nc(C(C)N2C(=O)c3ccccc3C2=O)n(-c2ncccn2)n1. The number of benzene rings is 1. The van der Waals surface area contributed by atoms with Crippen LogP contribution in [0.15, 0.2) is 42.7 Å². The summed E-state index contributed by atoms with van der Waals surface area (Å²) in [7, 11) is 0. The van der Waals surface area contributed by atoms with E-state index in [1.165, 1.54) is 9.58 Å². The molecule has 1 unspecified atom stereocenters. The molecular formula is C19H20N6O2. The molecule has 0 aliphatic carbocycles. The van der Waals surface area contributed by atoms with Crippen molar-refractivity contribution in [2.75, 3.05) is 0 Å². The minimum Gasteiger partial charge on any atom is -0.269 e. The van der Waals surface area contributed by atoms with E-state index < -0.39 is 6.04 Å². The van der Waals surface area contributed by atoms with Crippen LogP contribution in [0.4, 0.5) is 0 Å². The van der Waals surface area contributed by atoms with E-state index in [2.05, 4.69) is 20.1 Å². The Morgan fingerprint density at radius 1 is 0.926 bits per heavy atom. The summed E-state index contributed by atoms with van der Waals surface area (Å²) in [6.07, 6.45) is 3.19. The number of nitrogens with zero attached hydrogens (tertiary/aromatic N) is 6. The number of carbonyl (C=O) groups is 2. The fourth-order valence-corrected chi connectivity index (χ4v) is 2.92. The molecule has 0 N–H and O–H groups in total. The van der Waals surface area contributed by atoms with Gasteiger partial charge in [-0.25, -0.2) is 15.0 Å².